The lowest BCUT2D eigenvalue weighted by molar-refractivity contribution is -0.113. The Morgan fingerprint density at radius 2 is 2.11 bits per heavy atom. The normalized spacial score (nSPS) is 15.6. The number of thiophene rings is 2. The minimum Gasteiger partial charge on any atom is -0.316 e. The summed E-state index contributed by atoms with van der Waals surface area (Å²) in [4.78, 5) is 15.4. The molecule has 1 unspecified atom stereocenters. The topological polar surface area (TPSA) is 83.6 Å². The first-order valence-electron chi connectivity index (χ1n) is 12.1. The molecular weight excluding hydrogens is 495 g/mol. The number of fused-ring (bicyclic) bond motifs is 1. The number of amides is 1. The Labute approximate surface area is 220 Å². The van der Waals surface area contributed by atoms with Gasteiger partial charge in [-0.1, -0.05) is 39.5 Å². The van der Waals surface area contributed by atoms with E-state index in [2.05, 4.69) is 73.1 Å². The number of nitrogens with one attached hydrogen (secondary N) is 1. The van der Waals surface area contributed by atoms with Crippen molar-refractivity contribution in [2.24, 2.45) is 11.3 Å². The summed E-state index contributed by atoms with van der Waals surface area (Å²) in [5.41, 5.74) is 4.36. The third-order valence-corrected chi connectivity index (χ3v) is 10.0. The Morgan fingerprint density at radius 3 is 2.74 bits per heavy atom. The molecule has 0 aliphatic heterocycles. The number of aromatic nitrogens is 3. The second kappa shape index (κ2) is 10.5. The van der Waals surface area contributed by atoms with Gasteiger partial charge in [-0.3, -0.25) is 4.79 Å². The first-order chi connectivity index (χ1) is 16.6. The van der Waals surface area contributed by atoms with Crippen LogP contribution in [0.15, 0.2) is 10.5 Å². The summed E-state index contributed by atoms with van der Waals surface area (Å²) >= 11 is 4.69. The van der Waals surface area contributed by atoms with Crippen molar-refractivity contribution in [3.63, 3.8) is 0 Å². The van der Waals surface area contributed by atoms with Crippen LogP contribution in [0.3, 0.4) is 0 Å². The van der Waals surface area contributed by atoms with Gasteiger partial charge in [0.1, 0.15) is 11.1 Å². The SMILES string of the molecule is CCCn1c(SCC(=O)Nc2sc3c(c2C#N)CCC(C(C)(C)C)C3)nnc1-c1csc(C)c1C. The molecular formula is C26H33N5OS3. The highest BCUT2D eigenvalue weighted by Gasteiger charge is 2.32. The maximum atomic E-state index is 12.9. The van der Waals surface area contributed by atoms with Crippen LogP contribution in [0.4, 0.5) is 5.00 Å². The lowest BCUT2D eigenvalue weighted by Gasteiger charge is -2.33. The van der Waals surface area contributed by atoms with Crippen molar-refractivity contribution in [2.75, 3.05) is 11.1 Å². The summed E-state index contributed by atoms with van der Waals surface area (Å²) in [7, 11) is 0. The maximum absolute atomic E-state index is 12.9. The fourth-order valence-electron chi connectivity index (χ4n) is 4.58. The fourth-order valence-corrected chi connectivity index (χ4v) is 7.50. The van der Waals surface area contributed by atoms with E-state index in [1.807, 2.05) is 0 Å². The van der Waals surface area contributed by atoms with Gasteiger partial charge >= 0.3 is 0 Å². The molecule has 0 radical (unpaired) electrons. The smallest absolute Gasteiger partial charge is 0.235 e. The number of nitriles is 1. The minimum atomic E-state index is -0.118. The zero-order valence-corrected chi connectivity index (χ0v) is 23.8. The number of thioether (sulfide) groups is 1. The average Bonchev–Trinajstić information content (AvgIpc) is 3.46. The molecule has 1 aliphatic carbocycles. The maximum Gasteiger partial charge on any atom is 0.235 e. The second-order valence-corrected chi connectivity index (χ2v) is 13.4. The van der Waals surface area contributed by atoms with E-state index in [0.717, 1.165) is 54.3 Å². The van der Waals surface area contributed by atoms with Crippen LogP contribution >= 0.6 is 34.4 Å². The molecule has 4 rings (SSSR count). The molecule has 0 saturated heterocycles. The number of aryl methyl sites for hydroxylation is 1. The van der Waals surface area contributed by atoms with E-state index in [4.69, 9.17) is 0 Å². The Bertz CT molecular complexity index is 1270. The van der Waals surface area contributed by atoms with Crippen LogP contribution in [0.1, 0.15) is 67.0 Å². The second-order valence-electron chi connectivity index (χ2n) is 10.3. The molecule has 0 fully saturated rings. The molecule has 1 N–H and O–H groups in total. The van der Waals surface area contributed by atoms with Crippen LogP contribution in [0.25, 0.3) is 11.4 Å². The monoisotopic (exact) mass is 527 g/mol. The van der Waals surface area contributed by atoms with Crippen molar-refractivity contribution in [1.29, 1.82) is 5.26 Å². The predicted molar refractivity (Wildman–Crippen MR) is 146 cm³/mol. The fraction of sp³-hybridized carbons (Fsp3) is 0.538. The average molecular weight is 528 g/mol. The summed E-state index contributed by atoms with van der Waals surface area (Å²) in [5, 5.41) is 25.3. The minimum absolute atomic E-state index is 0.118. The highest BCUT2D eigenvalue weighted by atomic mass is 32.2. The van der Waals surface area contributed by atoms with Gasteiger partial charge in [-0.25, -0.2) is 0 Å². The summed E-state index contributed by atoms with van der Waals surface area (Å²) < 4.78 is 2.11. The quantitative estimate of drug-likeness (QED) is 0.340. The standard InChI is InChI=1S/C26H33N5OS3/c1-7-10-31-23(20-13-33-16(3)15(20)2)29-30-25(31)34-14-22(32)28-24-19(12-27)18-9-8-17(26(4,5)6)11-21(18)35-24/h13,17H,7-11,14H2,1-6H3,(H,28,32). The zero-order chi connectivity index (χ0) is 25.3. The largest absolute Gasteiger partial charge is 0.316 e. The first kappa shape index (κ1) is 25.9. The zero-order valence-electron chi connectivity index (χ0n) is 21.3. The highest BCUT2D eigenvalue weighted by Crippen LogP contribution is 2.44. The lowest BCUT2D eigenvalue weighted by atomic mass is 9.72. The van der Waals surface area contributed by atoms with Crippen molar-refractivity contribution in [3.8, 4) is 17.5 Å². The number of nitrogens with zero attached hydrogens (tertiary/aromatic N) is 4. The molecule has 3 aromatic rings. The summed E-state index contributed by atoms with van der Waals surface area (Å²) in [5.74, 6) is 1.56. The third kappa shape index (κ3) is 5.35. The van der Waals surface area contributed by atoms with Crippen LogP contribution in [0.2, 0.25) is 0 Å². The lowest BCUT2D eigenvalue weighted by Crippen LogP contribution is -2.26. The van der Waals surface area contributed by atoms with E-state index in [9.17, 15) is 10.1 Å². The Kier molecular flexibility index (Phi) is 7.74. The molecule has 35 heavy (non-hydrogen) atoms. The molecule has 1 aliphatic rings. The number of anilines is 1. The molecule has 0 bridgehead atoms. The van der Waals surface area contributed by atoms with Crippen molar-refractivity contribution >= 4 is 45.3 Å². The van der Waals surface area contributed by atoms with Gasteiger partial charge in [0, 0.05) is 27.2 Å². The number of hydrogen-bond acceptors (Lipinski definition) is 7. The van der Waals surface area contributed by atoms with E-state index in [1.165, 1.54) is 27.1 Å². The van der Waals surface area contributed by atoms with E-state index >= 15 is 0 Å². The van der Waals surface area contributed by atoms with Crippen LogP contribution < -0.4 is 5.32 Å². The molecule has 0 aromatic carbocycles. The Morgan fingerprint density at radius 1 is 1.34 bits per heavy atom. The van der Waals surface area contributed by atoms with Crippen molar-refractivity contribution in [2.45, 2.75) is 78.9 Å². The molecule has 3 heterocycles. The third-order valence-electron chi connectivity index (χ3n) is 6.88. The number of rotatable bonds is 7. The van der Waals surface area contributed by atoms with Gasteiger partial charge in [0.15, 0.2) is 11.0 Å². The van der Waals surface area contributed by atoms with Crippen molar-refractivity contribution < 1.29 is 4.79 Å². The summed E-state index contributed by atoms with van der Waals surface area (Å²) in [6.07, 6.45) is 3.93. The molecule has 186 valence electrons. The highest BCUT2D eigenvalue weighted by molar-refractivity contribution is 7.99. The van der Waals surface area contributed by atoms with Crippen molar-refractivity contribution in [1.82, 2.24) is 14.8 Å². The van der Waals surface area contributed by atoms with Gasteiger partial charge < -0.3 is 9.88 Å². The first-order valence-corrected chi connectivity index (χ1v) is 14.8. The summed E-state index contributed by atoms with van der Waals surface area (Å²) in [6, 6.07) is 2.35. The number of carbonyl (C=O) groups is 1. The van der Waals surface area contributed by atoms with Crippen LogP contribution in [-0.4, -0.2) is 26.4 Å². The van der Waals surface area contributed by atoms with E-state index in [0.29, 0.717) is 16.5 Å². The number of hydrogen-bond donors (Lipinski definition) is 1. The van der Waals surface area contributed by atoms with Gasteiger partial charge in [0.25, 0.3) is 0 Å². The van der Waals surface area contributed by atoms with Crippen LogP contribution in [0.5, 0.6) is 0 Å². The van der Waals surface area contributed by atoms with Gasteiger partial charge in [-0.15, -0.1) is 32.9 Å². The van der Waals surface area contributed by atoms with Crippen LogP contribution in [-0.2, 0) is 24.2 Å². The molecule has 3 aromatic heterocycles. The van der Waals surface area contributed by atoms with Gasteiger partial charge in [0.05, 0.1) is 11.3 Å². The number of carbonyl (C=O) groups excluding carboxylic acids is 1. The van der Waals surface area contributed by atoms with Gasteiger partial charge in [-0.2, -0.15) is 5.26 Å². The molecule has 9 heteroatoms. The molecule has 1 amide bonds. The Balaban J connectivity index is 1.47. The van der Waals surface area contributed by atoms with Gasteiger partial charge in [-0.05, 0) is 62.0 Å². The molecule has 1 atom stereocenters. The van der Waals surface area contributed by atoms with Crippen molar-refractivity contribution in [3.05, 3.63) is 31.8 Å². The summed E-state index contributed by atoms with van der Waals surface area (Å²) in [6.45, 7) is 14.0. The Hall–Kier alpha value is -2.15. The molecule has 6 nitrogen and oxygen atoms in total. The molecule has 0 saturated carbocycles. The van der Waals surface area contributed by atoms with E-state index in [1.54, 1.807) is 22.7 Å². The van der Waals surface area contributed by atoms with Crippen LogP contribution in [0, 0.1) is 36.5 Å². The van der Waals surface area contributed by atoms with Gasteiger partial charge in [0.2, 0.25) is 5.91 Å². The van der Waals surface area contributed by atoms with E-state index < -0.39 is 0 Å². The van der Waals surface area contributed by atoms with E-state index in [-0.39, 0.29) is 17.1 Å². The molecule has 0 spiro atoms. The predicted octanol–water partition coefficient (Wildman–Crippen LogP) is 6.85.